The molecular formula is C8H16NO4P. The van der Waals surface area contributed by atoms with Crippen LogP contribution in [0.15, 0.2) is 0 Å². The van der Waals surface area contributed by atoms with Gasteiger partial charge in [-0.25, -0.2) is 0 Å². The average Bonchev–Trinajstić information content (AvgIpc) is 2.53. The third kappa shape index (κ3) is 2.56. The molecule has 0 aromatic carbocycles. The topological polar surface area (TPSA) is 64.6 Å². The Morgan fingerprint density at radius 1 is 1.43 bits per heavy atom. The SMILES string of the molecule is CCOP(=O)(OCC)[C@@H]1CCC(=O)N1. The van der Waals surface area contributed by atoms with Crippen LogP contribution in [0.1, 0.15) is 26.7 Å². The number of rotatable bonds is 5. The summed E-state index contributed by atoms with van der Waals surface area (Å²) in [5.41, 5.74) is 0. The summed E-state index contributed by atoms with van der Waals surface area (Å²) in [6.45, 7) is 4.15. The molecule has 0 spiro atoms. The first-order chi connectivity index (χ1) is 6.62. The van der Waals surface area contributed by atoms with Gasteiger partial charge in [-0.1, -0.05) is 0 Å². The minimum atomic E-state index is -3.14. The number of carbonyl (C=O) groups is 1. The van der Waals surface area contributed by atoms with Gasteiger partial charge in [-0.3, -0.25) is 9.36 Å². The van der Waals surface area contributed by atoms with Crippen LogP contribution in [0, 0.1) is 0 Å². The van der Waals surface area contributed by atoms with Crippen LogP contribution in [0.3, 0.4) is 0 Å². The van der Waals surface area contributed by atoms with Gasteiger partial charge >= 0.3 is 7.60 Å². The minimum Gasteiger partial charge on any atom is -0.342 e. The van der Waals surface area contributed by atoms with Crippen LogP contribution in [0.2, 0.25) is 0 Å². The van der Waals surface area contributed by atoms with E-state index in [2.05, 4.69) is 5.32 Å². The van der Waals surface area contributed by atoms with Crippen LogP contribution in [0.25, 0.3) is 0 Å². The highest BCUT2D eigenvalue weighted by atomic mass is 31.2. The smallest absolute Gasteiger partial charge is 0.342 e. The fraction of sp³-hybridized carbons (Fsp3) is 0.875. The molecule has 1 rings (SSSR count). The maximum absolute atomic E-state index is 12.1. The molecule has 1 fully saturated rings. The van der Waals surface area contributed by atoms with Crippen LogP contribution in [-0.4, -0.2) is 24.9 Å². The Hall–Kier alpha value is -0.380. The summed E-state index contributed by atoms with van der Waals surface area (Å²) >= 11 is 0. The van der Waals surface area contributed by atoms with Crippen LogP contribution in [0.5, 0.6) is 0 Å². The first-order valence-corrected chi connectivity index (χ1v) is 6.41. The Kier molecular flexibility index (Phi) is 4.11. The van der Waals surface area contributed by atoms with Crippen molar-refractivity contribution in [2.45, 2.75) is 32.5 Å². The van der Waals surface area contributed by atoms with E-state index in [-0.39, 0.29) is 5.91 Å². The molecule has 0 bridgehead atoms. The molecule has 1 amide bonds. The molecule has 0 aliphatic carbocycles. The first-order valence-electron chi connectivity index (χ1n) is 4.80. The minimum absolute atomic E-state index is 0.0883. The third-order valence-electron chi connectivity index (χ3n) is 1.97. The number of nitrogens with one attached hydrogen (secondary N) is 1. The first kappa shape index (κ1) is 11.7. The van der Waals surface area contributed by atoms with Gasteiger partial charge in [0.2, 0.25) is 5.91 Å². The standard InChI is InChI=1S/C8H16NO4P/c1-3-12-14(11,13-4-2)8-6-5-7(10)9-8/h8H,3-6H2,1-2H3,(H,9,10)/t8-/m1/s1. The Balaban J connectivity index is 2.66. The van der Waals surface area contributed by atoms with E-state index in [9.17, 15) is 9.36 Å². The van der Waals surface area contributed by atoms with Crippen molar-refractivity contribution < 1.29 is 18.4 Å². The van der Waals surface area contributed by atoms with E-state index in [1.165, 1.54) is 0 Å². The van der Waals surface area contributed by atoms with E-state index in [1.807, 2.05) is 0 Å². The largest absolute Gasteiger partial charge is 0.352 e. The predicted octanol–water partition coefficient (Wildman–Crippen LogP) is 1.49. The Morgan fingerprint density at radius 2 is 2.00 bits per heavy atom. The average molecular weight is 221 g/mol. The molecule has 1 aliphatic heterocycles. The zero-order chi connectivity index (χ0) is 10.6. The van der Waals surface area contributed by atoms with Gasteiger partial charge < -0.3 is 14.4 Å². The summed E-state index contributed by atoms with van der Waals surface area (Å²) in [4.78, 5) is 11.0. The van der Waals surface area contributed by atoms with Gasteiger partial charge in [0.1, 0.15) is 5.78 Å². The molecule has 1 saturated heterocycles. The zero-order valence-corrected chi connectivity index (χ0v) is 9.38. The molecule has 14 heavy (non-hydrogen) atoms. The van der Waals surface area contributed by atoms with Crippen molar-refractivity contribution in [3.63, 3.8) is 0 Å². The molecule has 5 nitrogen and oxygen atoms in total. The molecule has 82 valence electrons. The van der Waals surface area contributed by atoms with Crippen LogP contribution in [-0.2, 0) is 18.4 Å². The summed E-state index contributed by atoms with van der Waals surface area (Å²) in [6.07, 6.45) is 0.922. The summed E-state index contributed by atoms with van der Waals surface area (Å²) in [5, 5.41) is 2.61. The van der Waals surface area contributed by atoms with E-state index in [4.69, 9.17) is 9.05 Å². The molecule has 0 unspecified atom stereocenters. The van der Waals surface area contributed by atoms with Gasteiger partial charge in [0.15, 0.2) is 0 Å². The van der Waals surface area contributed by atoms with Crippen molar-refractivity contribution in [3.05, 3.63) is 0 Å². The number of carbonyl (C=O) groups excluding carboxylic acids is 1. The Bertz CT molecular complexity index is 246. The van der Waals surface area contributed by atoms with E-state index in [0.717, 1.165) is 0 Å². The maximum Gasteiger partial charge on any atom is 0.352 e. The fourth-order valence-corrected chi connectivity index (χ4v) is 3.31. The second kappa shape index (κ2) is 4.91. The molecule has 1 heterocycles. The monoisotopic (exact) mass is 221 g/mol. The van der Waals surface area contributed by atoms with Gasteiger partial charge in [-0.15, -0.1) is 0 Å². The van der Waals surface area contributed by atoms with Crippen molar-refractivity contribution in [2.24, 2.45) is 0 Å². The second-order valence-electron chi connectivity index (χ2n) is 3.00. The van der Waals surface area contributed by atoms with Crippen molar-refractivity contribution in [1.29, 1.82) is 0 Å². The van der Waals surface area contributed by atoms with Crippen molar-refractivity contribution in [2.75, 3.05) is 13.2 Å². The lowest BCUT2D eigenvalue weighted by molar-refractivity contribution is -0.119. The van der Waals surface area contributed by atoms with E-state index in [1.54, 1.807) is 13.8 Å². The van der Waals surface area contributed by atoms with E-state index >= 15 is 0 Å². The summed E-state index contributed by atoms with van der Waals surface area (Å²) in [7, 11) is -3.14. The molecule has 0 aromatic heterocycles. The predicted molar refractivity (Wildman–Crippen MR) is 52.0 cm³/mol. The van der Waals surface area contributed by atoms with Gasteiger partial charge in [-0.05, 0) is 20.3 Å². The molecule has 0 radical (unpaired) electrons. The van der Waals surface area contributed by atoms with E-state index in [0.29, 0.717) is 26.1 Å². The van der Waals surface area contributed by atoms with Gasteiger partial charge in [0.05, 0.1) is 13.2 Å². The van der Waals surface area contributed by atoms with Crippen molar-refractivity contribution >= 4 is 13.5 Å². The molecule has 0 aromatic rings. The molecule has 0 saturated carbocycles. The van der Waals surface area contributed by atoms with Crippen LogP contribution >= 0.6 is 7.60 Å². The lowest BCUT2D eigenvalue weighted by atomic mass is 10.4. The summed E-state index contributed by atoms with van der Waals surface area (Å²) in [5.74, 6) is -0.551. The molecule has 1 aliphatic rings. The highest BCUT2D eigenvalue weighted by Crippen LogP contribution is 2.54. The normalized spacial score (nSPS) is 22.4. The second-order valence-corrected chi connectivity index (χ2v) is 5.22. The van der Waals surface area contributed by atoms with Crippen LogP contribution < -0.4 is 5.32 Å². The Morgan fingerprint density at radius 3 is 2.36 bits per heavy atom. The number of hydrogen-bond acceptors (Lipinski definition) is 4. The van der Waals surface area contributed by atoms with E-state index < -0.39 is 13.4 Å². The molecular weight excluding hydrogens is 205 g/mol. The van der Waals surface area contributed by atoms with Gasteiger partial charge in [0, 0.05) is 6.42 Å². The fourth-order valence-electron chi connectivity index (χ4n) is 1.41. The van der Waals surface area contributed by atoms with Gasteiger partial charge in [-0.2, -0.15) is 0 Å². The number of hydrogen-bond donors (Lipinski definition) is 1. The Labute approximate surface area is 83.7 Å². The lowest BCUT2D eigenvalue weighted by Crippen LogP contribution is -2.27. The highest BCUT2D eigenvalue weighted by molar-refractivity contribution is 7.54. The van der Waals surface area contributed by atoms with Crippen molar-refractivity contribution in [1.82, 2.24) is 5.32 Å². The zero-order valence-electron chi connectivity index (χ0n) is 8.49. The van der Waals surface area contributed by atoms with Crippen molar-refractivity contribution in [3.8, 4) is 0 Å². The maximum atomic E-state index is 12.1. The molecule has 6 heteroatoms. The lowest BCUT2D eigenvalue weighted by Gasteiger charge is -2.22. The summed E-state index contributed by atoms with van der Waals surface area (Å²) < 4.78 is 22.3. The molecule has 1 atom stereocenters. The third-order valence-corrected chi connectivity index (χ3v) is 4.36. The quantitative estimate of drug-likeness (QED) is 0.714. The van der Waals surface area contributed by atoms with Gasteiger partial charge in [0.25, 0.3) is 0 Å². The molecule has 1 N–H and O–H groups in total. The highest BCUT2D eigenvalue weighted by Gasteiger charge is 2.39. The van der Waals surface area contributed by atoms with Crippen LogP contribution in [0.4, 0.5) is 0 Å². The number of amides is 1. The summed E-state index contributed by atoms with van der Waals surface area (Å²) in [6, 6.07) is 0.